The molecule has 4 aromatic rings. The van der Waals surface area contributed by atoms with Gasteiger partial charge in [0, 0.05) is 23.0 Å². The topological polar surface area (TPSA) is 62.9 Å². The lowest BCUT2D eigenvalue weighted by molar-refractivity contribution is 0.430. The van der Waals surface area contributed by atoms with Crippen LogP contribution < -0.4 is 5.69 Å². The van der Waals surface area contributed by atoms with Gasteiger partial charge >= 0.3 is 5.69 Å². The highest BCUT2D eigenvalue weighted by Gasteiger charge is 2.33. The van der Waals surface area contributed by atoms with Crippen LogP contribution in [-0.2, 0) is 6.42 Å². The molecule has 3 heterocycles. The van der Waals surface area contributed by atoms with Gasteiger partial charge in [-0.2, -0.15) is 0 Å². The van der Waals surface area contributed by atoms with Crippen LogP contribution in [0.1, 0.15) is 36.3 Å². The first-order valence-corrected chi connectivity index (χ1v) is 9.00. The zero-order chi connectivity index (χ0) is 18.7. The van der Waals surface area contributed by atoms with E-state index in [0.717, 1.165) is 22.2 Å². The van der Waals surface area contributed by atoms with Crippen molar-refractivity contribution < 1.29 is 9.50 Å². The van der Waals surface area contributed by atoms with E-state index in [4.69, 9.17) is 0 Å². The maximum atomic E-state index is 13.3. The van der Waals surface area contributed by atoms with Gasteiger partial charge in [0.25, 0.3) is 0 Å². The van der Waals surface area contributed by atoms with Crippen LogP contribution in [0.15, 0.2) is 53.3 Å². The number of aromatic amines is 1. The molecule has 0 unspecified atom stereocenters. The first-order valence-electron chi connectivity index (χ1n) is 9.00. The van der Waals surface area contributed by atoms with E-state index < -0.39 is 0 Å². The van der Waals surface area contributed by atoms with Gasteiger partial charge in [-0.25, -0.2) is 13.8 Å². The number of nitrogens with one attached hydrogen (secondary N) is 1. The Hall–Kier alpha value is -3.28. The molecule has 2 aromatic carbocycles. The number of hydrogen-bond acceptors (Lipinski definition) is 2. The third-order valence-electron chi connectivity index (χ3n) is 5.47. The molecule has 1 atom stereocenters. The molecule has 5 rings (SSSR count). The average molecular weight is 363 g/mol. The fraction of sp³-hybridized carbons (Fsp3) is 0.190. The highest BCUT2D eigenvalue weighted by atomic mass is 19.1. The quantitative estimate of drug-likeness (QED) is 0.568. The van der Waals surface area contributed by atoms with Crippen LogP contribution in [0.5, 0.6) is 5.88 Å². The van der Waals surface area contributed by atoms with Gasteiger partial charge in [-0.05, 0) is 42.3 Å². The van der Waals surface area contributed by atoms with E-state index in [1.165, 1.54) is 28.8 Å². The summed E-state index contributed by atoms with van der Waals surface area (Å²) in [5, 5.41) is 12.0. The highest BCUT2D eigenvalue weighted by Crippen LogP contribution is 2.39. The van der Waals surface area contributed by atoms with Crippen molar-refractivity contribution in [1.29, 1.82) is 0 Å². The number of benzene rings is 2. The van der Waals surface area contributed by atoms with Crippen LogP contribution in [0.3, 0.4) is 0 Å². The molecular weight excluding hydrogens is 345 g/mol. The molecule has 0 aliphatic carbocycles. The summed E-state index contributed by atoms with van der Waals surface area (Å²) < 4.78 is 16.2. The molecule has 2 aromatic heterocycles. The van der Waals surface area contributed by atoms with E-state index in [-0.39, 0.29) is 23.4 Å². The van der Waals surface area contributed by atoms with Crippen molar-refractivity contribution in [1.82, 2.24) is 14.1 Å². The molecule has 0 fully saturated rings. The summed E-state index contributed by atoms with van der Waals surface area (Å²) in [5.41, 5.74) is 3.89. The van der Waals surface area contributed by atoms with Crippen LogP contribution in [-0.4, -0.2) is 19.2 Å². The SMILES string of the molecule is CC[C@H]1c2[nH]c3ccccc3c2Cc2c(O)n(-c3ccc(F)cc3)c(=O)n21. The van der Waals surface area contributed by atoms with Crippen molar-refractivity contribution in [2.45, 2.75) is 25.8 Å². The lowest BCUT2D eigenvalue weighted by atomic mass is 9.96. The molecule has 6 heteroatoms. The zero-order valence-corrected chi connectivity index (χ0v) is 14.7. The van der Waals surface area contributed by atoms with E-state index in [1.54, 1.807) is 4.57 Å². The molecule has 0 radical (unpaired) electrons. The van der Waals surface area contributed by atoms with Crippen molar-refractivity contribution in [2.24, 2.45) is 0 Å². The monoisotopic (exact) mass is 363 g/mol. The van der Waals surface area contributed by atoms with E-state index in [0.29, 0.717) is 24.2 Å². The normalized spacial score (nSPS) is 15.7. The number of nitrogens with zero attached hydrogens (tertiary/aromatic N) is 2. The third-order valence-corrected chi connectivity index (χ3v) is 5.47. The van der Waals surface area contributed by atoms with Gasteiger partial charge in [0.15, 0.2) is 0 Å². The predicted molar refractivity (Wildman–Crippen MR) is 101 cm³/mol. The smallest absolute Gasteiger partial charge is 0.336 e. The minimum atomic E-state index is -0.386. The molecule has 1 aliphatic heterocycles. The summed E-state index contributed by atoms with van der Waals surface area (Å²) >= 11 is 0. The number of H-pyrrole nitrogens is 1. The van der Waals surface area contributed by atoms with Crippen LogP contribution in [0.2, 0.25) is 0 Å². The summed E-state index contributed by atoms with van der Waals surface area (Å²) in [7, 11) is 0. The summed E-state index contributed by atoms with van der Waals surface area (Å²) in [6.45, 7) is 2.02. The molecule has 136 valence electrons. The Kier molecular flexibility index (Phi) is 3.31. The summed E-state index contributed by atoms with van der Waals surface area (Å²) in [6, 6.07) is 13.4. The molecule has 0 bridgehead atoms. The maximum absolute atomic E-state index is 13.3. The van der Waals surface area contributed by atoms with Crippen molar-refractivity contribution in [3.8, 4) is 11.6 Å². The second-order valence-corrected chi connectivity index (χ2v) is 6.90. The second-order valence-electron chi connectivity index (χ2n) is 6.90. The van der Waals surface area contributed by atoms with E-state index >= 15 is 0 Å². The maximum Gasteiger partial charge on any atom is 0.336 e. The minimum Gasteiger partial charge on any atom is -0.493 e. The number of aromatic hydroxyl groups is 1. The summed E-state index contributed by atoms with van der Waals surface area (Å²) in [4.78, 5) is 16.6. The number of imidazole rings is 1. The molecule has 0 amide bonds. The average Bonchev–Trinajstić information content (AvgIpc) is 3.17. The van der Waals surface area contributed by atoms with E-state index in [9.17, 15) is 14.3 Å². The number of hydrogen-bond donors (Lipinski definition) is 2. The fourth-order valence-corrected chi connectivity index (χ4v) is 4.24. The van der Waals surface area contributed by atoms with Crippen molar-refractivity contribution in [2.75, 3.05) is 0 Å². The van der Waals surface area contributed by atoms with Gasteiger partial charge in [0.05, 0.1) is 17.4 Å². The Balaban J connectivity index is 1.76. The van der Waals surface area contributed by atoms with Gasteiger partial charge in [0.2, 0.25) is 5.88 Å². The van der Waals surface area contributed by atoms with Crippen LogP contribution in [0, 0.1) is 5.82 Å². The lowest BCUT2D eigenvalue weighted by Crippen LogP contribution is -2.31. The van der Waals surface area contributed by atoms with Crippen molar-refractivity contribution in [3.05, 3.63) is 81.8 Å². The Morgan fingerprint density at radius 3 is 2.67 bits per heavy atom. The minimum absolute atomic E-state index is 0.0824. The second kappa shape index (κ2) is 5.61. The number of aromatic nitrogens is 3. The number of para-hydroxylation sites is 1. The Bertz CT molecular complexity index is 1230. The Labute approximate surface area is 154 Å². The molecule has 1 aliphatic rings. The van der Waals surface area contributed by atoms with Gasteiger partial charge in [0.1, 0.15) is 5.82 Å². The number of fused-ring (bicyclic) bond motifs is 4. The third kappa shape index (κ3) is 2.13. The van der Waals surface area contributed by atoms with Gasteiger partial charge in [-0.3, -0.25) is 4.57 Å². The van der Waals surface area contributed by atoms with E-state index in [2.05, 4.69) is 11.1 Å². The number of halogens is 1. The molecule has 27 heavy (non-hydrogen) atoms. The first kappa shape index (κ1) is 15.9. The van der Waals surface area contributed by atoms with Gasteiger partial charge in [-0.15, -0.1) is 0 Å². The molecule has 0 spiro atoms. The Morgan fingerprint density at radius 2 is 1.93 bits per heavy atom. The van der Waals surface area contributed by atoms with Crippen LogP contribution >= 0.6 is 0 Å². The first-order chi connectivity index (χ1) is 13.1. The molecule has 2 N–H and O–H groups in total. The Morgan fingerprint density at radius 1 is 1.19 bits per heavy atom. The van der Waals surface area contributed by atoms with Crippen LogP contribution in [0.4, 0.5) is 4.39 Å². The zero-order valence-electron chi connectivity index (χ0n) is 14.7. The summed E-state index contributed by atoms with van der Waals surface area (Å²) in [5.74, 6) is -0.468. The lowest BCUT2D eigenvalue weighted by Gasteiger charge is -2.24. The molecule has 5 nitrogen and oxygen atoms in total. The number of rotatable bonds is 2. The highest BCUT2D eigenvalue weighted by molar-refractivity contribution is 5.85. The van der Waals surface area contributed by atoms with Crippen molar-refractivity contribution >= 4 is 10.9 Å². The van der Waals surface area contributed by atoms with E-state index in [1.807, 2.05) is 25.1 Å². The van der Waals surface area contributed by atoms with Gasteiger partial charge in [-0.1, -0.05) is 25.1 Å². The molecule has 0 saturated heterocycles. The van der Waals surface area contributed by atoms with Crippen LogP contribution in [0.25, 0.3) is 16.6 Å². The summed E-state index contributed by atoms with van der Waals surface area (Å²) in [6.07, 6.45) is 1.17. The van der Waals surface area contributed by atoms with Gasteiger partial charge < -0.3 is 10.1 Å². The molecular formula is C21H18FN3O2. The standard InChI is InChI=1S/C21H18FN3O2/c1-2-17-19-15(14-5-3-4-6-16(14)23-19)11-18-20(26)24(21(27)25(17)18)13-9-7-12(22)8-10-13/h3-10,17,23,26H,2,11H2,1H3/t17-/m0/s1. The predicted octanol–water partition coefficient (Wildman–Crippen LogP) is 3.87. The molecule has 0 saturated carbocycles. The van der Waals surface area contributed by atoms with Crippen molar-refractivity contribution in [3.63, 3.8) is 0 Å². The largest absolute Gasteiger partial charge is 0.493 e. The fourth-order valence-electron chi connectivity index (χ4n) is 4.24.